The molecule has 1 aromatic carbocycles. The highest BCUT2D eigenvalue weighted by Gasteiger charge is 2.23. The van der Waals surface area contributed by atoms with Crippen molar-refractivity contribution in [2.24, 2.45) is 0 Å². The molecular weight excluding hydrogens is 367 g/mol. The number of carbonyl (C=O) groups is 3. The van der Waals surface area contributed by atoms with Crippen LogP contribution in [0.3, 0.4) is 0 Å². The van der Waals surface area contributed by atoms with E-state index in [-0.39, 0.29) is 12.5 Å². The number of ether oxygens (including phenoxy) is 1. The van der Waals surface area contributed by atoms with E-state index in [2.05, 4.69) is 5.32 Å². The van der Waals surface area contributed by atoms with Crippen molar-refractivity contribution in [1.29, 1.82) is 0 Å². The zero-order valence-electron chi connectivity index (χ0n) is 13.9. The predicted octanol–water partition coefficient (Wildman–Crippen LogP) is 3.27. The lowest BCUT2D eigenvalue weighted by molar-refractivity contribution is -0.156. The second-order valence-electron chi connectivity index (χ2n) is 5.87. The Hall–Kier alpha value is -1.79. The molecule has 0 aromatic heterocycles. The van der Waals surface area contributed by atoms with E-state index < -0.39 is 18.0 Å². The first-order valence-corrected chi connectivity index (χ1v) is 8.85. The van der Waals surface area contributed by atoms with Gasteiger partial charge in [0.1, 0.15) is 6.54 Å². The lowest BCUT2D eigenvalue weighted by Crippen LogP contribution is -2.38. The van der Waals surface area contributed by atoms with Gasteiger partial charge in [0.2, 0.25) is 5.91 Å². The summed E-state index contributed by atoms with van der Waals surface area (Å²) in [6, 6.07) is 4.66. The number of halogens is 2. The Morgan fingerprint density at radius 2 is 2.04 bits per heavy atom. The number of likely N-dealkylation sites (tertiary alicyclic amines) is 1. The van der Waals surface area contributed by atoms with Crippen molar-refractivity contribution >= 4 is 46.7 Å². The lowest BCUT2D eigenvalue weighted by Gasteiger charge is -2.21. The minimum absolute atomic E-state index is 0.0581. The molecule has 1 fully saturated rings. The fraction of sp³-hybridized carbons (Fsp3) is 0.471. The van der Waals surface area contributed by atoms with Crippen LogP contribution >= 0.6 is 23.2 Å². The Kier molecular flexibility index (Phi) is 7.08. The largest absolute Gasteiger partial charge is 0.451 e. The van der Waals surface area contributed by atoms with Crippen molar-refractivity contribution in [3.8, 4) is 0 Å². The summed E-state index contributed by atoms with van der Waals surface area (Å²) in [4.78, 5) is 37.5. The Labute approximate surface area is 156 Å². The molecule has 6 nitrogen and oxygen atoms in total. The van der Waals surface area contributed by atoms with Crippen molar-refractivity contribution in [1.82, 2.24) is 4.90 Å². The highest BCUT2D eigenvalue weighted by molar-refractivity contribution is 6.35. The van der Waals surface area contributed by atoms with Crippen LogP contribution in [0, 0.1) is 0 Å². The van der Waals surface area contributed by atoms with E-state index in [4.69, 9.17) is 27.9 Å². The summed E-state index contributed by atoms with van der Waals surface area (Å²) in [6.07, 6.45) is 2.09. The van der Waals surface area contributed by atoms with Crippen molar-refractivity contribution < 1.29 is 19.1 Å². The molecule has 136 valence electrons. The molecule has 0 unspecified atom stereocenters. The molecule has 8 heteroatoms. The number of benzene rings is 1. The zero-order chi connectivity index (χ0) is 18.4. The summed E-state index contributed by atoms with van der Waals surface area (Å²) in [5, 5.41) is 3.31. The summed E-state index contributed by atoms with van der Waals surface area (Å²) in [6.45, 7) is 1.84. The Balaban J connectivity index is 1.88. The van der Waals surface area contributed by atoms with E-state index in [9.17, 15) is 14.4 Å². The van der Waals surface area contributed by atoms with E-state index in [1.807, 2.05) is 0 Å². The number of hydrogen-bond acceptors (Lipinski definition) is 4. The van der Waals surface area contributed by atoms with Crippen molar-refractivity contribution in [3.63, 3.8) is 0 Å². The van der Waals surface area contributed by atoms with Crippen LogP contribution in [0.1, 0.15) is 32.6 Å². The monoisotopic (exact) mass is 386 g/mol. The standard InChI is InChI=1S/C17H20Cl2N2O4/c1-11(17(24)20-14-9-12(18)6-7-13(14)19)25-16(23)10-21-8-4-2-3-5-15(21)22/h6-7,9,11H,2-5,8,10H2,1H3,(H,20,24)/t11-/m0/s1. The van der Waals surface area contributed by atoms with Crippen LogP contribution in [-0.2, 0) is 19.1 Å². The van der Waals surface area contributed by atoms with Crippen LogP contribution < -0.4 is 5.32 Å². The third-order valence-corrected chi connectivity index (χ3v) is 4.42. The zero-order valence-corrected chi connectivity index (χ0v) is 15.4. The van der Waals surface area contributed by atoms with Gasteiger partial charge in [0.05, 0.1) is 10.7 Å². The Bertz CT molecular complexity index is 666. The molecule has 25 heavy (non-hydrogen) atoms. The molecule has 2 amide bonds. The summed E-state index contributed by atoms with van der Waals surface area (Å²) in [5.74, 6) is -1.20. The molecule has 1 saturated heterocycles. The topological polar surface area (TPSA) is 75.7 Å². The highest BCUT2D eigenvalue weighted by Crippen LogP contribution is 2.25. The lowest BCUT2D eigenvalue weighted by atomic mass is 10.2. The van der Waals surface area contributed by atoms with E-state index >= 15 is 0 Å². The maximum absolute atomic E-state index is 12.2. The van der Waals surface area contributed by atoms with Crippen LogP contribution in [0.2, 0.25) is 10.0 Å². The number of nitrogens with one attached hydrogen (secondary N) is 1. The smallest absolute Gasteiger partial charge is 0.326 e. The molecule has 2 rings (SSSR count). The van der Waals surface area contributed by atoms with Crippen molar-refractivity contribution in [2.45, 2.75) is 38.7 Å². The average Bonchev–Trinajstić information content (AvgIpc) is 2.75. The van der Waals surface area contributed by atoms with Crippen LogP contribution in [-0.4, -0.2) is 41.9 Å². The number of rotatable bonds is 5. The average molecular weight is 387 g/mol. The molecule has 1 aliphatic rings. The fourth-order valence-corrected chi connectivity index (χ4v) is 2.81. The summed E-state index contributed by atoms with van der Waals surface area (Å²) in [7, 11) is 0. The second-order valence-corrected chi connectivity index (χ2v) is 6.72. The Morgan fingerprint density at radius 3 is 2.80 bits per heavy atom. The molecule has 1 N–H and O–H groups in total. The van der Waals surface area contributed by atoms with E-state index in [1.165, 1.54) is 17.9 Å². The maximum Gasteiger partial charge on any atom is 0.326 e. The molecule has 0 saturated carbocycles. The fourth-order valence-electron chi connectivity index (χ4n) is 2.48. The van der Waals surface area contributed by atoms with Gasteiger partial charge in [0.15, 0.2) is 6.10 Å². The predicted molar refractivity (Wildman–Crippen MR) is 95.7 cm³/mol. The van der Waals surface area contributed by atoms with Crippen LogP contribution in [0.15, 0.2) is 18.2 Å². The molecule has 1 atom stereocenters. The first kappa shape index (κ1) is 19.5. The molecule has 1 aromatic rings. The van der Waals surface area contributed by atoms with E-state index in [1.54, 1.807) is 12.1 Å². The van der Waals surface area contributed by atoms with Crippen molar-refractivity contribution in [3.05, 3.63) is 28.2 Å². The van der Waals surface area contributed by atoms with E-state index in [0.29, 0.717) is 28.7 Å². The molecule has 0 aliphatic carbocycles. The molecular formula is C17H20Cl2N2O4. The molecule has 1 aliphatic heterocycles. The number of hydrogen-bond donors (Lipinski definition) is 1. The van der Waals surface area contributed by atoms with Gasteiger partial charge in [-0.1, -0.05) is 29.6 Å². The Morgan fingerprint density at radius 1 is 1.28 bits per heavy atom. The molecule has 0 bridgehead atoms. The SMILES string of the molecule is C[C@H](OC(=O)CN1CCCCCC1=O)C(=O)Nc1cc(Cl)ccc1Cl. The number of carbonyl (C=O) groups excluding carboxylic acids is 3. The van der Waals surface area contributed by atoms with Gasteiger partial charge in [-0.15, -0.1) is 0 Å². The molecule has 0 spiro atoms. The van der Waals surface area contributed by atoms with Crippen LogP contribution in [0.4, 0.5) is 5.69 Å². The normalized spacial score (nSPS) is 16.1. The minimum atomic E-state index is -1.02. The quantitative estimate of drug-likeness (QED) is 0.787. The second kappa shape index (κ2) is 9.06. The van der Waals surface area contributed by atoms with Gasteiger partial charge in [0.25, 0.3) is 5.91 Å². The van der Waals surface area contributed by atoms with Gasteiger partial charge < -0.3 is 15.0 Å². The third kappa shape index (κ3) is 5.90. The van der Waals surface area contributed by atoms with Gasteiger partial charge >= 0.3 is 5.97 Å². The van der Waals surface area contributed by atoms with E-state index in [0.717, 1.165) is 19.3 Å². The van der Waals surface area contributed by atoms with Gasteiger partial charge in [-0.2, -0.15) is 0 Å². The minimum Gasteiger partial charge on any atom is -0.451 e. The van der Waals surface area contributed by atoms with Crippen LogP contribution in [0.5, 0.6) is 0 Å². The van der Waals surface area contributed by atoms with Gasteiger partial charge in [-0.25, -0.2) is 0 Å². The summed E-state index contributed by atoms with van der Waals surface area (Å²) in [5.41, 5.74) is 0.338. The third-order valence-electron chi connectivity index (χ3n) is 3.86. The number of anilines is 1. The number of nitrogens with zero attached hydrogens (tertiary/aromatic N) is 1. The van der Waals surface area contributed by atoms with Crippen LogP contribution in [0.25, 0.3) is 0 Å². The number of amides is 2. The molecule has 1 heterocycles. The maximum atomic E-state index is 12.2. The van der Waals surface area contributed by atoms with Gasteiger partial charge in [0, 0.05) is 18.0 Å². The number of esters is 1. The summed E-state index contributed by atoms with van der Waals surface area (Å²) >= 11 is 11.9. The molecule has 0 radical (unpaired) electrons. The van der Waals surface area contributed by atoms with Gasteiger partial charge in [-0.3, -0.25) is 14.4 Å². The first-order valence-electron chi connectivity index (χ1n) is 8.10. The van der Waals surface area contributed by atoms with Gasteiger partial charge in [-0.05, 0) is 38.0 Å². The van der Waals surface area contributed by atoms with Crippen molar-refractivity contribution in [2.75, 3.05) is 18.4 Å². The summed E-state index contributed by atoms with van der Waals surface area (Å²) < 4.78 is 5.13. The first-order chi connectivity index (χ1) is 11.9. The highest BCUT2D eigenvalue weighted by atomic mass is 35.5.